The van der Waals surface area contributed by atoms with Crippen LogP contribution >= 0.6 is 11.6 Å². The molecule has 2 aromatic rings. The summed E-state index contributed by atoms with van der Waals surface area (Å²) in [5.41, 5.74) is 1.97. The van der Waals surface area contributed by atoms with Gasteiger partial charge in [0.05, 0.1) is 36.7 Å². The highest BCUT2D eigenvalue weighted by atomic mass is 35.5. The van der Waals surface area contributed by atoms with Crippen LogP contribution in [0.25, 0.3) is 0 Å². The molecule has 2 aliphatic heterocycles. The molecule has 25 heavy (non-hydrogen) atoms. The van der Waals surface area contributed by atoms with Gasteiger partial charge in [0.2, 0.25) is 0 Å². The van der Waals surface area contributed by atoms with E-state index in [2.05, 4.69) is 5.32 Å². The number of amides is 3. The molecular formula is C18H16ClN3O3. The maximum atomic E-state index is 13.0. The number of urea groups is 1. The smallest absolute Gasteiger partial charge is 0.322 e. The Labute approximate surface area is 149 Å². The Morgan fingerprint density at radius 1 is 1.24 bits per heavy atom. The van der Waals surface area contributed by atoms with Gasteiger partial charge in [-0.15, -0.1) is 0 Å². The molecule has 0 aliphatic carbocycles. The highest BCUT2D eigenvalue weighted by Gasteiger charge is 2.43. The normalized spacial score (nSPS) is 20.2. The van der Waals surface area contributed by atoms with E-state index in [1.54, 1.807) is 30.3 Å². The Balaban J connectivity index is 1.72. The molecule has 1 atom stereocenters. The van der Waals surface area contributed by atoms with E-state index in [0.717, 1.165) is 0 Å². The highest BCUT2D eigenvalue weighted by molar-refractivity contribution is 6.31. The molecule has 0 saturated heterocycles. The van der Waals surface area contributed by atoms with Crippen LogP contribution in [-0.4, -0.2) is 35.3 Å². The average molecular weight is 358 g/mol. The summed E-state index contributed by atoms with van der Waals surface area (Å²) >= 11 is 6.30. The van der Waals surface area contributed by atoms with Crippen molar-refractivity contribution in [1.29, 1.82) is 0 Å². The molecule has 0 bridgehead atoms. The second-order valence-electron chi connectivity index (χ2n) is 6.06. The van der Waals surface area contributed by atoms with Crippen molar-refractivity contribution in [3.8, 4) is 0 Å². The van der Waals surface area contributed by atoms with Crippen molar-refractivity contribution >= 4 is 23.5 Å². The molecule has 0 unspecified atom stereocenters. The van der Waals surface area contributed by atoms with Crippen molar-refractivity contribution in [3.05, 3.63) is 70.3 Å². The number of nitrogens with one attached hydrogen (secondary N) is 1. The summed E-state index contributed by atoms with van der Waals surface area (Å²) < 4.78 is 5.35. The van der Waals surface area contributed by atoms with Crippen LogP contribution < -0.4 is 5.32 Å². The summed E-state index contributed by atoms with van der Waals surface area (Å²) in [6, 6.07) is 10.0. The van der Waals surface area contributed by atoms with Gasteiger partial charge < -0.3 is 14.6 Å². The third kappa shape index (κ3) is 2.59. The lowest BCUT2D eigenvalue weighted by molar-refractivity contribution is -0.126. The molecule has 128 valence electrons. The fraction of sp³-hybridized carbons (Fsp3) is 0.222. The first kappa shape index (κ1) is 15.8. The first-order valence-electron chi connectivity index (χ1n) is 7.89. The van der Waals surface area contributed by atoms with Crippen LogP contribution in [0.2, 0.25) is 5.02 Å². The molecule has 0 fully saturated rings. The molecule has 1 aromatic carbocycles. The standard InChI is InChI=1S/C18H16ClN3O3/c1-21-14-10-22(9-11-5-4-8-25-11)17(23)15(14)16(20-18(21)24)12-6-2-3-7-13(12)19/h2-8,16H,9-10H2,1H3,(H,20,24)/t16-/m1/s1. The van der Waals surface area contributed by atoms with Crippen LogP contribution in [0.5, 0.6) is 0 Å². The van der Waals surface area contributed by atoms with Crippen LogP contribution in [-0.2, 0) is 11.3 Å². The zero-order valence-corrected chi connectivity index (χ0v) is 14.3. The Morgan fingerprint density at radius 2 is 2.04 bits per heavy atom. The van der Waals surface area contributed by atoms with E-state index >= 15 is 0 Å². The Hall–Kier alpha value is -2.73. The minimum Gasteiger partial charge on any atom is -0.467 e. The molecule has 0 spiro atoms. The van der Waals surface area contributed by atoms with Gasteiger partial charge >= 0.3 is 6.03 Å². The molecule has 3 amide bonds. The number of carbonyl (C=O) groups is 2. The monoisotopic (exact) mass is 357 g/mol. The van der Waals surface area contributed by atoms with Gasteiger partial charge in [0.1, 0.15) is 5.76 Å². The SMILES string of the molecule is CN1C(=O)N[C@H](c2ccccc2Cl)C2=C1CN(Cc1ccco1)C2=O. The van der Waals surface area contributed by atoms with Gasteiger partial charge in [-0.05, 0) is 23.8 Å². The molecular weight excluding hydrogens is 342 g/mol. The molecule has 0 saturated carbocycles. The van der Waals surface area contributed by atoms with Gasteiger partial charge in [0.15, 0.2) is 0 Å². The zero-order valence-electron chi connectivity index (χ0n) is 13.5. The van der Waals surface area contributed by atoms with E-state index in [1.807, 2.05) is 24.3 Å². The van der Waals surface area contributed by atoms with E-state index in [-0.39, 0.29) is 11.9 Å². The van der Waals surface area contributed by atoms with E-state index in [0.29, 0.717) is 40.7 Å². The summed E-state index contributed by atoms with van der Waals surface area (Å²) in [4.78, 5) is 28.5. The fourth-order valence-electron chi connectivity index (χ4n) is 3.28. The van der Waals surface area contributed by atoms with E-state index in [1.165, 1.54) is 4.90 Å². The number of benzene rings is 1. The Bertz CT molecular complexity index is 875. The molecule has 6 nitrogen and oxygen atoms in total. The van der Waals surface area contributed by atoms with Crippen molar-refractivity contribution in [2.45, 2.75) is 12.6 Å². The van der Waals surface area contributed by atoms with Gasteiger partial charge in [-0.2, -0.15) is 0 Å². The minimum absolute atomic E-state index is 0.122. The first-order valence-corrected chi connectivity index (χ1v) is 8.27. The maximum absolute atomic E-state index is 13.0. The number of likely N-dealkylation sites (N-methyl/N-ethyl adjacent to an activating group) is 1. The van der Waals surface area contributed by atoms with Crippen LogP contribution in [0.3, 0.4) is 0 Å². The van der Waals surface area contributed by atoms with E-state index in [9.17, 15) is 9.59 Å². The lowest BCUT2D eigenvalue weighted by Gasteiger charge is -2.31. The molecule has 0 radical (unpaired) electrons. The lowest BCUT2D eigenvalue weighted by atomic mass is 9.96. The lowest BCUT2D eigenvalue weighted by Crippen LogP contribution is -2.45. The molecule has 2 aliphatic rings. The van der Waals surface area contributed by atoms with Gasteiger partial charge in [-0.1, -0.05) is 29.8 Å². The predicted molar refractivity (Wildman–Crippen MR) is 91.6 cm³/mol. The van der Waals surface area contributed by atoms with Crippen molar-refractivity contribution in [2.24, 2.45) is 0 Å². The third-order valence-electron chi connectivity index (χ3n) is 4.58. The zero-order chi connectivity index (χ0) is 17.6. The molecule has 7 heteroatoms. The second-order valence-corrected chi connectivity index (χ2v) is 6.47. The van der Waals surface area contributed by atoms with Crippen molar-refractivity contribution < 1.29 is 14.0 Å². The van der Waals surface area contributed by atoms with Crippen LogP contribution in [0.4, 0.5) is 4.79 Å². The summed E-state index contributed by atoms with van der Waals surface area (Å²) in [6.45, 7) is 0.718. The van der Waals surface area contributed by atoms with E-state index < -0.39 is 6.04 Å². The molecule has 4 rings (SSSR count). The number of nitrogens with zero attached hydrogens (tertiary/aromatic N) is 2. The summed E-state index contributed by atoms with van der Waals surface area (Å²) in [6.07, 6.45) is 1.58. The summed E-state index contributed by atoms with van der Waals surface area (Å²) in [5, 5.41) is 3.39. The number of rotatable bonds is 3. The van der Waals surface area contributed by atoms with Crippen LogP contribution in [0.15, 0.2) is 58.3 Å². The number of halogens is 1. The summed E-state index contributed by atoms with van der Waals surface area (Å²) in [7, 11) is 1.66. The maximum Gasteiger partial charge on any atom is 0.322 e. The van der Waals surface area contributed by atoms with Gasteiger partial charge in [0.25, 0.3) is 5.91 Å². The van der Waals surface area contributed by atoms with Crippen molar-refractivity contribution in [1.82, 2.24) is 15.1 Å². The van der Waals surface area contributed by atoms with Gasteiger partial charge in [0, 0.05) is 12.1 Å². The number of hydrogen-bond acceptors (Lipinski definition) is 3. The summed E-state index contributed by atoms with van der Waals surface area (Å²) in [5.74, 6) is 0.576. The second kappa shape index (κ2) is 5.97. The number of carbonyl (C=O) groups excluding carboxylic acids is 2. The van der Waals surface area contributed by atoms with Crippen molar-refractivity contribution in [3.63, 3.8) is 0 Å². The van der Waals surface area contributed by atoms with Crippen LogP contribution in [0.1, 0.15) is 17.4 Å². The van der Waals surface area contributed by atoms with Gasteiger partial charge in [-0.25, -0.2) is 4.79 Å². The topological polar surface area (TPSA) is 65.8 Å². The Kier molecular flexibility index (Phi) is 3.77. The molecule has 3 heterocycles. The average Bonchev–Trinajstić information content (AvgIpc) is 3.21. The molecule has 1 aromatic heterocycles. The number of hydrogen-bond donors (Lipinski definition) is 1. The molecule has 1 N–H and O–H groups in total. The third-order valence-corrected chi connectivity index (χ3v) is 4.92. The van der Waals surface area contributed by atoms with Gasteiger partial charge in [-0.3, -0.25) is 9.69 Å². The predicted octanol–water partition coefficient (Wildman–Crippen LogP) is 2.93. The first-order chi connectivity index (χ1) is 12.1. The van der Waals surface area contributed by atoms with Crippen LogP contribution in [0, 0.1) is 0 Å². The Morgan fingerprint density at radius 3 is 2.76 bits per heavy atom. The number of furan rings is 1. The minimum atomic E-state index is -0.554. The highest BCUT2D eigenvalue weighted by Crippen LogP contribution is 2.38. The van der Waals surface area contributed by atoms with E-state index in [4.69, 9.17) is 16.0 Å². The quantitative estimate of drug-likeness (QED) is 0.918. The largest absolute Gasteiger partial charge is 0.467 e. The van der Waals surface area contributed by atoms with Crippen molar-refractivity contribution in [2.75, 3.05) is 13.6 Å². The fourth-order valence-corrected chi connectivity index (χ4v) is 3.53.